The van der Waals surface area contributed by atoms with Gasteiger partial charge in [-0.1, -0.05) is 32.6 Å². The van der Waals surface area contributed by atoms with Gasteiger partial charge in [0.15, 0.2) is 0 Å². The summed E-state index contributed by atoms with van der Waals surface area (Å²) in [5.41, 5.74) is 5.38. The van der Waals surface area contributed by atoms with Crippen LogP contribution in [0.4, 0.5) is 0 Å². The van der Waals surface area contributed by atoms with E-state index >= 15 is 0 Å². The van der Waals surface area contributed by atoms with E-state index in [2.05, 4.69) is 6.92 Å². The van der Waals surface area contributed by atoms with Gasteiger partial charge in [0.1, 0.15) is 0 Å². The van der Waals surface area contributed by atoms with Crippen LogP contribution in [0.15, 0.2) is 0 Å². The molecule has 2 fully saturated rings. The average Bonchev–Trinajstić information content (AvgIpc) is 2.26. The molecule has 0 unspecified atom stereocenters. The Morgan fingerprint density at radius 1 is 1.28 bits per heavy atom. The third-order valence-corrected chi connectivity index (χ3v) is 4.39. The van der Waals surface area contributed by atoms with Gasteiger partial charge in [-0.2, -0.15) is 0 Å². The maximum atomic E-state index is 12.1. The first kappa shape index (κ1) is 13.8. The standard InChI is InChI=1S/C14H26N2O2/c1-2-6-14(18)10-16(11-14)12(17)9-13(15)7-4-3-5-8-13/h18H,2-11,15H2,1H3. The Bertz CT molecular complexity index is 305. The topological polar surface area (TPSA) is 66.6 Å². The fourth-order valence-electron chi connectivity index (χ4n) is 3.31. The molecule has 18 heavy (non-hydrogen) atoms. The van der Waals surface area contributed by atoms with Crippen molar-refractivity contribution in [3.63, 3.8) is 0 Å². The number of hydrogen-bond donors (Lipinski definition) is 2. The first-order valence-corrected chi connectivity index (χ1v) is 7.25. The molecule has 0 atom stereocenters. The Morgan fingerprint density at radius 2 is 1.89 bits per heavy atom. The fraction of sp³-hybridized carbons (Fsp3) is 0.929. The lowest BCUT2D eigenvalue weighted by Gasteiger charge is -2.47. The summed E-state index contributed by atoms with van der Waals surface area (Å²) in [4.78, 5) is 13.9. The second-order valence-electron chi connectivity index (χ2n) is 6.32. The Labute approximate surface area is 110 Å². The Morgan fingerprint density at radius 3 is 2.44 bits per heavy atom. The zero-order chi connectivity index (χ0) is 13.2. The molecule has 0 radical (unpaired) electrons. The van der Waals surface area contributed by atoms with Crippen LogP contribution in [0.3, 0.4) is 0 Å². The molecule has 0 spiro atoms. The second kappa shape index (κ2) is 5.17. The van der Waals surface area contributed by atoms with Gasteiger partial charge < -0.3 is 15.7 Å². The summed E-state index contributed by atoms with van der Waals surface area (Å²) in [6.07, 6.45) is 7.65. The lowest BCUT2D eigenvalue weighted by atomic mass is 9.79. The first-order chi connectivity index (χ1) is 8.46. The van der Waals surface area contributed by atoms with Crippen LogP contribution in [0.2, 0.25) is 0 Å². The Kier molecular flexibility index (Phi) is 3.97. The smallest absolute Gasteiger partial charge is 0.224 e. The number of β-amino-alcohol motifs (C(OH)–C–C–N with tert-alkyl or cyclic N) is 1. The van der Waals surface area contributed by atoms with Crippen molar-refractivity contribution in [2.24, 2.45) is 5.73 Å². The van der Waals surface area contributed by atoms with Crippen LogP contribution in [0.25, 0.3) is 0 Å². The van der Waals surface area contributed by atoms with Crippen LogP contribution in [0.1, 0.15) is 58.3 Å². The zero-order valence-corrected chi connectivity index (χ0v) is 11.5. The third-order valence-electron chi connectivity index (χ3n) is 4.39. The van der Waals surface area contributed by atoms with E-state index in [1.165, 1.54) is 6.42 Å². The molecule has 3 N–H and O–H groups in total. The molecule has 0 aromatic rings. The normalized spacial score (nSPS) is 25.6. The van der Waals surface area contributed by atoms with E-state index in [1.54, 1.807) is 4.90 Å². The zero-order valence-electron chi connectivity index (χ0n) is 11.5. The highest BCUT2D eigenvalue weighted by Gasteiger charge is 2.44. The van der Waals surface area contributed by atoms with Gasteiger partial charge in [-0.15, -0.1) is 0 Å². The average molecular weight is 254 g/mol. The molecule has 1 amide bonds. The molecule has 0 aromatic carbocycles. The van der Waals surface area contributed by atoms with Crippen molar-refractivity contribution in [2.75, 3.05) is 13.1 Å². The predicted molar refractivity (Wildman–Crippen MR) is 71.1 cm³/mol. The Balaban J connectivity index is 1.80. The van der Waals surface area contributed by atoms with Crippen LogP contribution < -0.4 is 5.73 Å². The molecule has 1 saturated carbocycles. The van der Waals surface area contributed by atoms with Gasteiger partial charge in [0.25, 0.3) is 0 Å². The number of nitrogens with zero attached hydrogens (tertiary/aromatic N) is 1. The van der Waals surface area contributed by atoms with Crippen molar-refractivity contribution in [3.05, 3.63) is 0 Å². The number of carbonyl (C=O) groups excluding carboxylic acids is 1. The molecule has 1 aliphatic carbocycles. The predicted octanol–water partition coefficient (Wildman–Crippen LogP) is 1.41. The summed E-state index contributed by atoms with van der Waals surface area (Å²) in [7, 11) is 0. The van der Waals surface area contributed by atoms with Gasteiger partial charge in [-0.3, -0.25) is 4.79 Å². The number of nitrogens with two attached hydrogens (primary N) is 1. The van der Waals surface area contributed by atoms with Crippen molar-refractivity contribution in [1.82, 2.24) is 4.90 Å². The van der Waals surface area contributed by atoms with Crippen LogP contribution >= 0.6 is 0 Å². The lowest BCUT2D eigenvalue weighted by Crippen LogP contribution is -2.64. The molecular weight excluding hydrogens is 228 g/mol. The molecule has 0 aromatic heterocycles. The minimum atomic E-state index is -0.626. The minimum absolute atomic E-state index is 0.125. The van der Waals surface area contributed by atoms with Crippen molar-refractivity contribution >= 4 is 5.91 Å². The molecule has 104 valence electrons. The van der Waals surface area contributed by atoms with Crippen LogP contribution in [0.5, 0.6) is 0 Å². The van der Waals surface area contributed by atoms with Crippen molar-refractivity contribution in [1.29, 1.82) is 0 Å². The maximum Gasteiger partial charge on any atom is 0.224 e. The maximum absolute atomic E-state index is 12.1. The number of aliphatic hydroxyl groups is 1. The van der Waals surface area contributed by atoms with Crippen molar-refractivity contribution < 1.29 is 9.90 Å². The molecule has 2 rings (SSSR count). The molecule has 1 saturated heterocycles. The van der Waals surface area contributed by atoms with Gasteiger partial charge in [-0.05, 0) is 19.3 Å². The molecular formula is C14H26N2O2. The summed E-state index contributed by atoms with van der Waals surface area (Å²) in [5, 5.41) is 10.1. The summed E-state index contributed by atoms with van der Waals surface area (Å²) in [5.74, 6) is 0.125. The number of amides is 1. The minimum Gasteiger partial charge on any atom is -0.386 e. The van der Waals surface area contributed by atoms with E-state index in [9.17, 15) is 9.90 Å². The monoisotopic (exact) mass is 254 g/mol. The number of likely N-dealkylation sites (tertiary alicyclic amines) is 1. The van der Waals surface area contributed by atoms with Crippen molar-refractivity contribution in [3.8, 4) is 0 Å². The molecule has 2 aliphatic rings. The third kappa shape index (κ3) is 3.04. The SMILES string of the molecule is CCCC1(O)CN(C(=O)CC2(N)CCCCC2)C1. The number of rotatable bonds is 4. The van der Waals surface area contributed by atoms with E-state index in [0.717, 1.165) is 38.5 Å². The summed E-state index contributed by atoms with van der Waals surface area (Å²) >= 11 is 0. The quantitative estimate of drug-likeness (QED) is 0.797. The van der Waals surface area contributed by atoms with E-state index < -0.39 is 5.60 Å². The van der Waals surface area contributed by atoms with E-state index in [1.807, 2.05) is 0 Å². The van der Waals surface area contributed by atoms with E-state index in [4.69, 9.17) is 5.73 Å². The lowest BCUT2D eigenvalue weighted by molar-refractivity contribution is -0.158. The highest BCUT2D eigenvalue weighted by atomic mass is 16.3. The summed E-state index contributed by atoms with van der Waals surface area (Å²) in [6.45, 7) is 3.05. The van der Waals surface area contributed by atoms with Crippen LogP contribution in [-0.4, -0.2) is 40.1 Å². The Hall–Kier alpha value is -0.610. The van der Waals surface area contributed by atoms with E-state index in [-0.39, 0.29) is 11.4 Å². The summed E-state index contributed by atoms with van der Waals surface area (Å²) < 4.78 is 0. The van der Waals surface area contributed by atoms with Gasteiger partial charge >= 0.3 is 0 Å². The number of hydrogen-bond acceptors (Lipinski definition) is 3. The first-order valence-electron chi connectivity index (χ1n) is 7.25. The summed E-state index contributed by atoms with van der Waals surface area (Å²) in [6, 6.07) is 0. The highest BCUT2D eigenvalue weighted by Crippen LogP contribution is 2.32. The second-order valence-corrected chi connectivity index (χ2v) is 6.32. The molecule has 4 heteroatoms. The number of carbonyl (C=O) groups is 1. The largest absolute Gasteiger partial charge is 0.386 e. The molecule has 4 nitrogen and oxygen atoms in total. The molecule has 0 bridgehead atoms. The van der Waals surface area contributed by atoms with Crippen LogP contribution in [0, 0.1) is 0 Å². The van der Waals surface area contributed by atoms with Crippen molar-refractivity contribution in [2.45, 2.75) is 69.4 Å². The van der Waals surface area contributed by atoms with Gasteiger partial charge in [0, 0.05) is 12.0 Å². The van der Waals surface area contributed by atoms with Gasteiger partial charge in [0.2, 0.25) is 5.91 Å². The molecule has 1 heterocycles. The highest BCUT2D eigenvalue weighted by molar-refractivity contribution is 5.78. The van der Waals surface area contributed by atoms with Gasteiger partial charge in [-0.25, -0.2) is 0 Å². The van der Waals surface area contributed by atoms with E-state index in [0.29, 0.717) is 19.5 Å². The van der Waals surface area contributed by atoms with Crippen LogP contribution in [-0.2, 0) is 4.79 Å². The fourth-order valence-corrected chi connectivity index (χ4v) is 3.31. The van der Waals surface area contributed by atoms with Gasteiger partial charge in [0.05, 0.1) is 18.7 Å². The molecule has 1 aliphatic heterocycles.